The summed E-state index contributed by atoms with van der Waals surface area (Å²) in [6.45, 7) is 3.44. The minimum Gasteiger partial charge on any atom is -0.478 e. The standard InChI is InChI=1S/C15H17N3O4/c1-9-6-7-11(8-12(9)15(20)21)17-13(19)4-3-5-14-16-10(2)18-22-14/h6-8H,3-5H2,1-2H3,(H,17,19)(H,20,21). The van der Waals surface area contributed by atoms with Crippen molar-refractivity contribution >= 4 is 17.6 Å². The molecule has 0 saturated heterocycles. The maximum atomic E-state index is 11.8. The van der Waals surface area contributed by atoms with Gasteiger partial charge in [-0.05, 0) is 38.0 Å². The van der Waals surface area contributed by atoms with Crippen molar-refractivity contribution in [2.24, 2.45) is 0 Å². The number of rotatable bonds is 6. The second kappa shape index (κ2) is 6.84. The normalized spacial score (nSPS) is 10.5. The van der Waals surface area contributed by atoms with Crippen LogP contribution in [-0.4, -0.2) is 27.1 Å². The SMILES string of the molecule is Cc1noc(CCCC(=O)Nc2ccc(C)c(C(=O)O)c2)n1. The third-order valence-electron chi connectivity index (χ3n) is 3.12. The molecule has 0 radical (unpaired) electrons. The smallest absolute Gasteiger partial charge is 0.336 e. The van der Waals surface area contributed by atoms with Crippen LogP contribution in [0.1, 0.15) is 40.5 Å². The van der Waals surface area contributed by atoms with Crippen LogP contribution < -0.4 is 5.32 Å². The topological polar surface area (TPSA) is 105 Å². The van der Waals surface area contributed by atoms with Crippen molar-refractivity contribution in [3.63, 3.8) is 0 Å². The molecule has 0 unspecified atom stereocenters. The summed E-state index contributed by atoms with van der Waals surface area (Å²) in [7, 11) is 0. The summed E-state index contributed by atoms with van der Waals surface area (Å²) in [6, 6.07) is 4.80. The Bertz CT molecular complexity index is 694. The number of aromatic carboxylic acids is 1. The molecule has 7 heteroatoms. The molecule has 116 valence electrons. The van der Waals surface area contributed by atoms with E-state index < -0.39 is 5.97 Å². The lowest BCUT2D eigenvalue weighted by Crippen LogP contribution is -2.12. The Kier molecular flexibility index (Phi) is 4.88. The Morgan fingerprint density at radius 2 is 2.09 bits per heavy atom. The number of aromatic nitrogens is 2. The molecule has 7 nitrogen and oxygen atoms in total. The van der Waals surface area contributed by atoms with E-state index in [9.17, 15) is 9.59 Å². The summed E-state index contributed by atoms with van der Waals surface area (Å²) in [6.07, 6.45) is 1.39. The highest BCUT2D eigenvalue weighted by Gasteiger charge is 2.10. The lowest BCUT2D eigenvalue weighted by Gasteiger charge is -2.07. The van der Waals surface area contributed by atoms with Gasteiger partial charge in [-0.2, -0.15) is 4.98 Å². The van der Waals surface area contributed by atoms with Crippen LogP contribution in [0.15, 0.2) is 22.7 Å². The fourth-order valence-corrected chi connectivity index (χ4v) is 2.00. The van der Waals surface area contributed by atoms with Crippen LogP contribution in [0.3, 0.4) is 0 Å². The molecule has 0 aliphatic carbocycles. The lowest BCUT2D eigenvalue weighted by molar-refractivity contribution is -0.116. The molecule has 0 aliphatic rings. The van der Waals surface area contributed by atoms with Gasteiger partial charge in [0, 0.05) is 18.5 Å². The van der Waals surface area contributed by atoms with Crippen molar-refractivity contribution in [3.05, 3.63) is 41.0 Å². The second-order valence-electron chi connectivity index (χ2n) is 4.97. The molecule has 0 aliphatic heterocycles. The lowest BCUT2D eigenvalue weighted by atomic mass is 10.1. The Hall–Kier alpha value is -2.70. The van der Waals surface area contributed by atoms with Gasteiger partial charge < -0.3 is 14.9 Å². The maximum absolute atomic E-state index is 11.8. The van der Waals surface area contributed by atoms with E-state index in [1.807, 2.05) is 0 Å². The Labute approximate surface area is 127 Å². The molecule has 0 saturated carbocycles. The van der Waals surface area contributed by atoms with Crippen molar-refractivity contribution in [3.8, 4) is 0 Å². The van der Waals surface area contributed by atoms with Crippen LogP contribution in [0.5, 0.6) is 0 Å². The molecule has 0 atom stereocenters. The molecule has 22 heavy (non-hydrogen) atoms. The fraction of sp³-hybridized carbons (Fsp3) is 0.333. The van der Waals surface area contributed by atoms with Gasteiger partial charge in [0.1, 0.15) is 0 Å². The number of nitrogens with one attached hydrogen (secondary N) is 1. The first-order chi connectivity index (χ1) is 10.5. The molecule has 0 fully saturated rings. The predicted molar refractivity (Wildman–Crippen MR) is 78.7 cm³/mol. The van der Waals surface area contributed by atoms with Gasteiger partial charge in [0.15, 0.2) is 5.82 Å². The highest BCUT2D eigenvalue weighted by molar-refractivity contribution is 5.94. The van der Waals surface area contributed by atoms with E-state index in [4.69, 9.17) is 9.63 Å². The van der Waals surface area contributed by atoms with Gasteiger partial charge >= 0.3 is 5.97 Å². The third-order valence-corrected chi connectivity index (χ3v) is 3.12. The van der Waals surface area contributed by atoms with E-state index in [2.05, 4.69) is 15.5 Å². The van der Waals surface area contributed by atoms with Crippen molar-refractivity contribution in [2.75, 3.05) is 5.32 Å². The molecule has 2 N–H and O–H groups in total. The molecule has 0 spiro atoms. The number of hydrogen-bond donors (Lipinski definition) is 2. The van der Waals surface area contributed by atoms with E-state index in [1.165, 1.54) is 6.07 Å². The molecule has 0 bridgehead atoms. The monoisotopic (exact) mass is 303 g/mol. The van der Waals surface area contributed by atoms with Gasteiger partial charge in [0.25, 0.3) is 0 Å². The zero-order valence-electron chi connectivity index (χ0n) is 12.4. The zero-order chi connectivity index (χ0) is 16.1. The molecule has 2 rings (SSSR count). The first-order valence-electron chi connectivity index (χ1n) is 6.88. The summed E-state index contributed by atoms with van der Waals surface area (Å²) in [5.41, 5.74) is 1.30. The van der Waals surface area contributed by atoms with Crippen LogP contribution in [0.4, 0.5) is 5.69 Å². The fourth-order valence-electron chi connectivity index (χ4n) is 2.00. The molecular formula is C15H17N3O4. The minimum absolute atomic E-state index is 0.180. The van der Waals surface area contributed by atoms with Gasteiger partial charge in [-0.3, -0.25) is 4.79 Å². The summed E-state index contributed by atoms with van der Waals surface area (Å²) in [5.74, 6) is -0.120. The largest absolute Gasteiger partial charge is 0.478 e. The third kappa shape index (κ3) is 4.15. The van der Waals surface area contributed by atoms with Crippen molar-refractivity contribution in [1.29, 1.82) is 0 Å². The van der Waals surface area contributed by atoms with Gasteiger partial charge in [0.2, 0.25) is 11.8 Å². The zero-order valence-corrected chi connectivity index (χ0v) is 12.4. The molecule has 2 aromatic rings. The van der Waals surface area contributed by atoms with Crippen LogP contribution >= 0.6 is 0 Å². The number of nitrogens with zero attached hydrogens (tertiary/aromatic N) is 2. The predicted octanol–water partition coefficient (Wildman–Crippen LogP) is 2.35. The van der Waals surface area contributed by atoms with Crippen LogP contribution in [0.25, 0.3) is 0 Å². The summed E-state index contributed by atoms with van der Waals surface area (Å²) < 4.78 is 4.96. The summed E-state index contributed by atoms with van der Waals surface area (Å²) >= 11 is 0. The number of carboxylic acid groups (broad SMARTS) is 1. The highest BCUT2D eigenvalue weighted by atomic mass is 16.5. The number of carbonyl (C=O) groups excluding carboxylic acids is 1. The Morgan fingerprint density at radius 3 is 2.73 bits per heavy atom. The van der Waals surface area contributed by atoms with E-state index >= 15 is 0 Å². The van der Waals surface area contributed by atoms with E-state index in [1.54, 1.807) is 26.0 Å². The number of amides is 1. The number of hydrogen-bond acceptors (Lipinski definition) is 5. The van der Waals surface area contributed by atoms with Gasteiger partial charge in [-0.25, -0.2) is 4.79 Å². The van der Waals surface area contributed by atoms with Crippen LogP contribution in [0, 0.1) is 13.8 Å². The van der Waals surface area contributed by atoms with Gasteiger partial charge in [-0.1, -0.05) is 11.2 Å². The number of aryl methyl sites for hydroxylation is 3. The molecule has 1 aromatic heterocycles. The minimum atomic E-state index is -1.01. The molecule has 1 amide bonds. The summed E-state index contributed by atoms with van der Waals surface area (Å²) in [5, 5.41) is 15.4. The maximum Gasteiger partial charge on any atom is 0.336 e. The van der Waals surface area contributed by atoms with Crippen molar-refractivity contribution < 1.29 is 19.2 Å². The average molecular weight is 303 g/mol. The van der Waals surface area contributed by atoms with Crippen LogP contribution in [0.2, 0.25) is 0 Å². The number of benzene rings is 1. The first-order valence-corrected chi connectivity index (χ1v) is 6.88. The average Bonchev–Trinajstić information content (AvgIpc) is 2.86. The first kappa shape index (κ1) is 15.7. The Morgan fingerprint density at radius 1 is 1.32 bits per heavy atom. The number of carbonyl (C=O) groups is 2. The highest BCUT2D eigenvalue weighted by Crippen LogP contribution is 2.16. The van der Waals surface area contributed by atoms with E-state index in [-0.39, 0.29) is 17.9 Å². The molecular weight excluding hydrogens is 286 g/mol. The van der Waals surface area contributed by atoms with Crippen LogP contribution in [-0.2, 0) is 11.2 Å². The number of carboxylic acids is 1. The van der Waals surface area contributed by atoms with E-state index in [0.29, 0.717) is 35.8 Å². The number of anilines is 1. The molecule has 1 aromatic carbocycles. The second-order valence-corrected chi connectivity index (χ2v) is 4.97. The van der Waals surface area contributed by atoms with Crippen molar-refractivity contribution in [1.82, 2.24) is 10.1 Å². The van der Waals surface area contributed by atoms with E-state index in [0.717, 1.165) is 0 Å². The van der Waals surface area contributed by atoms with Gasteiger partial charge in [-0.15, -0.1) is 0 Å². The molecule has 1 heterocycles. The van der Waals surface area contributed by atoms with Gasteiger partial charge in [0.05, 0.1) is 5.56 Å². The van der Waals surface area contributed by atoms with Crippen molar-refractivity contribution in [2.45, 2.75) is 33.1 Å². The quantitative estimate of drug-likeness (QED) is 0.848. The Balaban J connectivity index is 1.86. The summed E-state index contributed by atoms with van der Waals surface area (Å²) in [4.78, 5) is 27.0.